The van der Waals surface area contributed by atoms with Crippen molar-refractivity contribution in [3.63, 3.8) is 0 Å². The van der Waals surface area contributed by atoms with Crippen LogP contribution >= 0.6 is 22.6 Å². The molecule has 0 aliphatic rings. The molecule has 0 saturated heterocycles. The molecule has 0 aliphatic heterocycles. The predicted molar refractivity (Wildman–Crippen MR) is 80.9 cm³/mol. The topological polar surface area (TPSA) is 44.5 Å². The van der Waals surface area contributed by atoms with Crippen molar-refractivity contribution in [1.29, 1.82) is 0 Å². The third-order valence-electron chi connectivity index (χ3n) is 2.50. The van der Waals surface area contributed by atoms with Crippen molar-refractivity contribution in [1.82, 2.24) is 0 Å². The second kappa shape index (κ2) is 5.95. The monoisotopic (exact) mass is 355 g/mol. The fourth-order valence-electron chi connectivity index (χ4n) is 1.60. The molecule has 94 valence electrons. The summed E-state index contributed by atoms with van der Waals surface area (Å²) in [5.74, 6) is 1.60. The molecule has 0 amide bonds. The van der Waals surface area contributed by atoms with Gasteiger partial charge in [0.05, 0.1) is 7.11 Å². The third kappa shape index (κ3) is 3.29. The minimum Gasteiger partial charge on any atom is -0.496 e. The summed E-state index contributed by atoms with van der Waals surface area (Å²) >= 11 is 2.26. The van der Waals surface area contributed by atoms with Crippen LogP contribution in [-0.4, -0.2) is 7.11 Å². The second-order valence-electron chi connectivity index (χ2n) is 3.82. The van der Waals surface area contributed by atoms with Gasteiger partial charge in [-0.3, -0.25) is 0 Å². The normalized spacial score (nSPS) is 10.1. The SMILES string of the molecule is COc1cc(N)ccc1COc1cccc(I)c1. The minimum atomic E-state index is 0.462. The first kappa shape index (κ1) is 13.0. The molecule has 0 bridgehead atoms. The van der Waals surface area contributed by atoms with Gasteiger partial charge in [0, 0.05) is 20.9 Å². The van der Waals surface area contributed by atoms with E-state index in [0.717, 1.165) is 20.6 Å². The number of ether oxygens (including phenoxy) is 2. The van der Waals surface area contributed by atoms with E-state index in [9.17, 15) is 0 Å². The molecular formula is C14H14INO2. The number of rotatable bonds is 4. The van der Waals surface area contributed by atoms with Crippen molar-refractivity contribution in [2.75, 3.05) is 12.8 Å². The molecule has 3 nitrogen and oxygen atoms in total. The van der Waals surface area contributed by atoms with Gasteiger partial charge in [-0.25, -0.2) is 0 Å². The van der Waals surface area contributed by atoms with Crippen LogP contribution in [0.25, 0.3) is 0 Å². The number of benzene rings is 2. The van der Waals surface area contributed by atoms with E-state index >= 15 is 0 Å². The average molecular weight is 355 g/mol. The highest BCUT2D eigenvalue weighted by Crippen LogP contribution is 2.23. The highest BCUT2D eigenvalue weighted by Gasteiger charge is 2.04. The lowest BCUT2D eigenvalue weighted by Crippen LogP contribution is -1.99. The van der Waals surface area contributed by atoms with Gasteiger partial charge in [-0.2, -0.15) is 0 Å². The number of hydrogen-bond acceptors (Lipinski definition) is 3. The van der Waals surface area contributed by atoms with Crippen LogP contribution in [0.4, 0.5) is 5.69 Å². The third-order valence-corrected chi connectivity index (χ3v) is 3.17. The minimum absolute atomic E-state index is 0.462. The van der Waals surface area contributed by atoms with Gasteiger partial charge in [-0.05, 0) is 52.9 Å². The Kier molecular flexibility index (Phi) is 4.30. The summed E-state index contributed by atoms with van der Waals surface area (Å²) < 4.78 is 12.2. The molecule has 0 radical (unpaired) electrons. The summed E-state index contributed by atoms with van der Waals surface area (Å²) in [6.45, 7) is 0.462. The maximum Gasteiger partial charge on any atom is 0.127 e. The molecule has 0 unspecified atom stereocenters. The zero-order valence-electron chi connectivity index (χ0n) is 10.0. The first-order chi connectivity index (χ1) is 8.69. The Bertz CT molecular complexity index is 543. The Morgan fingerprint density at radius 1 is 1.17 bits per heavy atom. The van der Waals surface area contributed by atoms with E-state index in [2.05, 4.69) is 22.6 Å². The molecular weight excluding hydrogens is 341 g/mol. The van der Waals surface area contributed by atoms with Gasteiger partial charge < -0.3 is 15.2 Å². The van der Waals surface area contributed by atoms with Crippen LogP contribution in [0.5, 0.6) is 11.5 Å². The largest absolute Gasteiger partial charge is 0.496 e. The summed E-state index contributed by atoms with van der Waals surface area (Å²) in [6.07, 6.45) is 0. The van der Waals surface area contributed by atoms with Gasteiger partial charge in [0.25, 0.3) is 0 Å². The van der Waals surface area contributed by atoms with Crippen molar-refractivity contribution >= 4 is 28.3 Å². The lowest BCUT2D eigenvalue weighted by Gasteiger charge is -2.11. The van der Waals surface area contributed by atoms with Gasteiger partial charge >= 0.3 is 0 Å². The van der Waals surface area contributed by atoms with E-state index in [1.54, 1.807) is 13.2 Å². The van der Waals surface area contributed by atoms with Crippen LogP contribution in [0, 0.1) is 3.57 Å². The summed E-state index contributed by atoms with van der Waals surface area (Å²) in [5, 5.41) is 0. The summed E-state index contributed by atoms with van der Waals surface area (Å²) in [4.78, 5) is 0. The van der Waals surface area contributed by atoms with E-state index in [0.29, 0.717) is 12.3 Å². The van der Waals surface area contributed by atoms with Gasteiger partial charge in [-0.15, -0.1) is 0 Å². The lowest BCUT2D eigenvalue weighted by atomic mass is 10.2. The Balaban J connectivity index is 2.10. The lowest BCUT2D eigenvalue weighted by molar-refractivity contribution is 0.296. The van der Waals surface area contributed by atoms with E-state index in [4.69, 9.17) is 15.2 Å². The van der Waals surface area contributed by atoms with Crippen LogP contribution in [0.15, 0.2) is 42.5 Å². The zero-order valence-corrected chi connectivity index (χ0v) is 12.2. The van der Waals surface area contributed by atoms with Crippen LogP contribution in [-0.2, 0) is 6.61 Å². The summed E-state index contributed by atoms with van der Waals surface area (Å²) in [6, 6.07) is 13.5. The van der Waals surface area contributed by atoms with Crippen molar-refractivity contribution in [2.24, 2.45) is 0 Å². The predicted octanol–water partition coefficient (Wildman–Crippen LogP) is 3.46. The van der Waals surface area contributed by atoms with Crippen molar-refractivity contribution in [3.05, 3.63) is 51.6 Å². The average Bonchev–Trinajstić information content (AvgIpc) is 2.37. The van der Waals surface area contributed by atoms with E-state index in [1.807, 2.05) is 36.4 Å². The van der Waals surface area contributed by atoms with Crippen LogP contribution in [0.2, 0.25) is 0 Å². The first-order valence-corrected chi connectivity index (χ1v) is 6.57. The number of hydrogen-bond donors (Lipinski definition) is 1. The molecule has 2 rings (SSSR count). The van der Waals surface area contributed by atoms with Crippen LogP contribution in [0.3, 0.4) is 0 Å². The van der Waals surface area contributed by atoms with Crippen molar-refractivity contribution < 1.29 is 9.47 Å². The standard InChI is InChI=1S/C14H14INO2/c1-17-14-8-12(16)6-5-10(14)9-18-13-4-2-3-11(15)7-13/h2-8H,9,16H2,1H3. The number of methoxy groups -OCH3 is 1. The van der Waals surface area contributed by atoms with Gasteiger partial charge in [0.2, 0.25) is 0 Å². The van der Waals surface area contributed by atoms with E-state index in [-0.39, 0.29) is 0 Å². The molecule has 0 saturated carbocycles. The number of halogens is 1. The summed E-state index contributed by atoms with van der Waals surface area (Å²) in [7, 11) is 1.63. The molecule has 0 spiro atoms. The molecule has 2 aromatic carbocycles. The molecule has 0 aliphatic carbocycles. The number of nitrogens with two attached hydrogens (primary N) is 1. The van der Waals surface area contributed by atoms with Gasteiger partial charge in [-0.1, -0.05) is 6.07 Å². The Morgan fingerprint density at radius 3 is 2.72 bits per heavy atom. The van der Waals surface area contributed by atoms with Crippen LogP contribution < -0.4 is 15.2 Å². The van der Waals surface area contributed by atoms with E-state index < -0.39 is 0 Å². The Morgan fingerprint density at radius 2 is 2.00 bits per heavy atom. The molecule has 4 heteroatoms. The van der Waals surface area contributed by atoms with E-state index in [1.165, 1.54) is 0 Å². The highest BCUT2D eigenvalue weighted by molar-refractivity contribution is 14.1. The van der Waals surface area contributed by atoms with Crippen molar-refractivity contribution in [3.8, 4) is 11.5 Å². The number of nitrogen functional groups attached to an aromatic ring is 1. The molecule has 0 fully saturated rings. The maximum absolute atomic E-state index is 5.73. The molecule has 2 N–H and O–H groups in total. The van der Waals surface area contributed by atoms with Gasteiger partial charge in [0.1, 0.15) is 18.1 Å². The highest BCUT2D eigenvalue weighted by atomic mass is 127. The fourth-order valence-corrected chi connectivity index (χ4v) is 2.11. The van der Waals surface area contributed by atoms with Crippen molar-refractivity contribution in [2.45, 2.75) is 6.61 Å². The maximum atomic E-state index is 5.73. The summed E-state index contributed by atoms with van der Waals surface area (Å²) in [5.41, 5.74) is 7.37. The molecule has 2 aromatic rings. The van der Waals surface area contributed by atoms with Gasteiger partial charge in [0.15, 0.2) is 0 Å². The quantitative estimate of drug-likeness (QED) is 0.675. The zero-order chi connectivity index (χ0) is 13.0. The molecule has 18 heavy (non-hydrogen) atoms. The molecule has 0 aromatic heterocycles. The smallest absolute Gasteiger partial charge is 0.127 e. The van der Waals surface area contributed by atoms with Crippen LogP contribution in [0.1, 0.15) is 5.56 Å². The first-order valence-electron chi connectivity index (χ1n) is 5.50. The fraction of sp³-hybridized carbons (Fsp3) is 0.143. The molecule has 0 atom stereocenters. The number of anilines is 1. The second-order valence-corrected chi connectivity index (χ2v) is 5.06. The molecule has 0 heterocycles. The Hall–Kier alpha value is -1.43. The Labute approximate surface area is 120 Å².